The van der Waals surface area contributed by atoms with E-state index in [0.29, 0.717) is 18.0 Å². The normalized spacial score (nSPS) is 15.5. The number of methoxy groups -OCH3 is 2. The van der Waals surface area contributed by atoms with Crippen molar-refractivity contribution in [3.8, 4) is 11.5 Å². The molecule has 8 heteroatoms. The number of hydrogen-bond acceptors (Lipinski definition) is 4. The number of halogens is 2. The molecule has 6 nitrogen and oxygen atoms in total. The molecule has 31 heavy (non-hydrogen) atoms. The van der Waals surface area contributed by atoms with Crippen LogP contribution in [0.4, 0.5) is 0 Å². The molecular weight excluding hydrogens is 529 g/mol. The average molecular weight is 560 g/mol. The smallest absolute Gasteiger partial charge is 0.191 e. The fourth-order valence-corrected chi connectivity index (χ4v) is 3.99. The summed E-state index contributed by atoms with van der Waals surface area (Å²) < 4.78 is 16.3. The Morgan fingerprint density at radius 3 is 2.45 bits per heavy atom. The van der Waals surface area contributed by atoms with Gasteiger partial charge in [0.2, 0.25) is 0 Å². The molecule has 0 radical (unpaired) electrons. The van der Waals surface area contributed by atoms with Crippen LogP contribution in [0.15, 0.2) is 47.5 Å². The summed E-state index contributed by atoms with van der Waals surface area (Å²) in [6, 6.07) is 14.0. The predicted octanol–water partition coefficient (Wildman–Crippen LogP) is 4.39. The molecule has 0 bridgehead atoms. The molecule has 0 aromatic heterocycles. The molecule has 1 aliphatic rings. The van der Waals surface area contributed by atoms with E-state index in [9.17, 15) is 0 Å². The highest BCUT2D eigenvalue weighted by molar-refractivity contribution is 14.0. The van der Waals surface area contributed by atoms with Crippen LogP contribution in [0.5, 0.6) is 11.5 Å². The van der Waals surface area contributed by atoms with E-state index in [1.54, 1.807) is 21.3 Å². The maximum atomic E-state index is 6.27. The zero-order valence-corrected chi connectivity index (χ0v) is 21.3. The second-order valence-electron chi connectivity index (χ2n) is 7.37. The van der Waals surface area contributed by atoms with Gasteiger partial charge in [-0.3, -0.25) is 4.99 Å². The quantitative estimate of drug-likeness (QED) is 0.299. The number of rotatable bonds is 7. The van der Waals surface area contributed by atoms with Crippen molar-refractivity contribution in [2.24, 2.45) is 4.99 Å². The topological polar surface area (TPSA) is 64.1 Å². The lowest BCUT2D eigenvalue weighted by Crippen LogP contribution is -2.47. The highest BCUT2D eigenvalue weighted by Crippen LogP contribution is 2.35. The molecule has 3 rings (SSSR count). The van der Waals surface area contributed by atoms with E-state index in [2.05, 4.69) is 27.8 Å². The zero-order valence-electron chi connectivity index (χ0n) is 18.2. The van der Waals surface area contributed by atoms with E-state index in [-0.39, 0.29) is 29.4 Å². The van der Waals surface area contributed by atoms with Crippen molar-refractivity contribution in [2.75, 3.05) is 41.0 Å². The fourth-order valence-electron chi connectivity index (χ4n) is 3.80. The first-order chi connectivity index (χ1) is 14.6. The Kier molecular flexibility index (Phi) is 10.2. The molecule has 1 heterocycles. The number of aliphatic imine (C=N–C) groups is 1. The maximum absolute atomic E-state index is 6.27. The van der Waals surface area contributed by atoms with Gasteiger partial charge in [-0.05, 0) is 48.2 Å². The van der Waals surface area contributed by atoms with Gasteiger partial charge in [0.05, 0.1) is 14.2 Å². The fraction of sp³-hybridized carbons (Fsp3) is 0.435. The van der Waals surface area contributed by atoms with E-state index in [0.717, 1.165) is 49.1 Å². The van der Waals surface area contributed by atoms with Crippen molar-refractivity contribution in [3.05, 3.63) is 58.6 Å². The Bertz CT molecular complexity index is 873. The van der Waals surface area contributed by atoms with E-state index >= 15 is 0 Å². The minimum Gasteiger partial charge on any atom is -0.493 e. The van der Waals surface area contributed by atoms with Crippen LogP contribution in [0.1, 0.15) is 24.0 Å². The van der Waals surface area contributed by atoms with Gasteiger partial charge < -0.3 is 24.8 Å². The van der Waals surface area contributed by atoms with Crippen molar-refractivity contribution in [1.29, 1.82) is 0 Å². The van der Waals surface area contributed by atoms with Gasteiger partial charge in [-0.2, -0.15) is 0 Å². The molecule has 1 fully saturated rings. The summed E-state index contributed by atoms with van der Waals surface area (Å²) in [6.07, 6.45) is 1.88. The highest BCUT2D eigenvalue weighted by Gasteiger charge is 2.34. The standard InChI is InChI=1S/C23H30ClN3O3.HI/c1-25-22(26-15-17-7-8-20(28-2)21(13-17)29-3)27-16-23(9-11-30-12-10-23)18-5-4-6-19(24)14-18;/h4-8,13-14H,9-12,15-16H2,1-3H3,(H2,25,26,27);1H. The third-order valence-corrected chi connectivity index (χ3v) is 5.85. The first-order valence-electron chi connectivity index (χ1n) is 10.1. The van der Waals surface area contributed by atoms with Crippen LogP contribution in [-0.2, 0) is 16.7 Å². The van der Waals surface area contributed by atoms with Crippen molar-refractivity contribution in [2.45, 2.75) is 24.8 Å². The number of ether oxygens (including phenoxy) is 3. The highest BCUT2D eigenvalue weighted by atomic mass is 127. The van der Waals surface area contributed by atoms with Gasteiger partial charge in [0.15, 0.2) is 17.5 Å². The summed E-state index contributed by atoms with van der Waals surface area (Å²) >= 11 is 6.27. The Labute approximate surface area is 206 Å². The molecule has 1 aliphatic heterocycles. The second-order valence-corrected chi connectivity index (χ2v) is 7.81. The summed E-state index contributed by atoms with van der Waals surface area (Å²) in [7, 11) is 5.05. The molecular formula is C23H31ClIN3O3. The van der Waals surface area contributed by atoms with Gasteiger partial charge in [0.1, 0.15) is 0 Å². The molecule has 0 saturated carbocycles. The SMILES string of the molecule is CN=C(NCc1ccc(OC)c(OC)c1)NCC1(c2cccc(Cl)c2)CCOCC1.I. The first-order valence-corrected chi connectivity index (χ1v) is 10.5. The van der Waals surface area contributed by atoms with Gasteiger partial charge in [0, 0.05) is 43.8 Å². The third-order valence-electron chi connectivity index (χ3n) is 5.61. The largest absolute Gasteiger partial charge is 0.493 e. The van der Waals surface area contributed by atoms with Gasteiger partial charge >= 0.3 is 0 Å². The number of benzene rings is 2. The van der Waals surface area contributed by atoms with Crippen molar-refractivity contribution in [3.63, 3.8) is 0 Å². The van der Waals surface area contributed by atoms with Crippen LogP contribution < -0.4 is 20.1 Å². The van der Waals surface area contributed by atoms with Gasteiger partial charge in [-0.1, -0.05) is 29.8 Å². The minimum atomic E-state index is -0.0376. The number of hydrogen-bond donors (Lipinski definition) is 2. The monoisotopic (exact) mass is 559 g/mol. The van der Waals surface area contributed by atoms with E-state index in [4.69, 9.17) is 25.8 Å². The Balaban J connectivity index is 0.00000341. The Hall–Kier alpha value is -1.71. The van der Waals surface area contributed by atoms with Crippen LogP contribution in [0.2, 0.25) is 5.02 Å². The van der Waals surface area contributed by atoms with Gasteiger partial charge in [-0.15, -0.1) is 24.0 Å². The van der Waals surface area contributed by atoms with E-state index in [1.807, 2.05) is 30.3 Å². The van der Waals surface area contributed by atoms with Crippen LogP contribution in [0, 0.1) is 0 Å². The minimum absolute atomic E-state index is 0. The Morgan fingerprint density at radius 2 is 1.81 bits per heavy atom. The first kappa shape index (κ1) is 25.5. The molecule has 0 spiro atoms. The molecule has 1 saturated heterocycles. The molecule has 0 amide bonds. The summed E-state index contributed by atoms with van der Waals surface area (Å²) in [5.41, 5.74) is 2.27. The Morgan fingerprint density at radius 1 is 1.06 bits per heavy atom. The predicted molar refractivity (Wildman–Crippen MR) is 136 cm³/mol. The lowest BCUT2D eigenvalue weighted by Gasteiger charge is -2.38. The lowest BCUT2D eigenvalue weighted by atomic mass is 9.74. The van der Waals surface area contributed by atoms with Gasteiger partial charge in [-0.25, -0.2) is 0 Å². The lowest BCUT2D eigenvalue weighted by molar-refractivity contribution is 0.0514. The molecule has 0 atom stereocenters. The average Bonchev–Trinajstić information content (AvgIpc) is 2.79. The number of guanidine groups is 1. The zero-order chi connectivity index (χ0) is 21.4. The maximum Gasteiger partial charge on any atom is 0.191 e. The van der Waals surface area contributed by atoms with Crippen molar-refractivity contribution < 1.29 is 14.2 Å². The van der Waals surface area contributed by atoms with Crippen LogP contribution >= 0.6 is 35.6 Å². The number of nitrogens with zero attached hydrogens (tertiary/aromatic N) is 1. The molecule has 2 N–H and O–H groups in total. The summed E-state index contributed by atoms with van der Waals surface area (Å²) in [5, 5.41) is 7.64. The van der Waals surface area contributed by atoms with Gasteiger partial charge in [0.25, 0.3) is 0 Å². The molecule has 170 valence electrons. The van der Waals surface area contributed by atoms with Crippen molar-refractivity contribution >= 4 is 41.5 Å². The van der Waals surface area contributed by atoms with Crippen LogP contribution in [0.25, 0.3) is 0 Å². The van der Waals surface area contributed by atoms with Crippen LogP contribution in [0.3, 0.4) is 0 Å². The third kappa shape index (κ3) is 6.63. The number of nitrogens with one attached hydrogen (secondary N) is 2. The summed E-state index contributed by atoms with van der Waals surface area (Å²) in [4.78, 5) is 4.39. The summed E-state index contributed by atoms with van der Waals surface area (Å²) in [6.45, 7) is 2.85. The summed E-state index contributed by atoms with van der Waals surface area (Å²) in [5.74, 6) is 2.17. The molecule has 0 unspecified atom stereocenters. The van der Waals surface area contributed by atoms with E-state index < -0.39 is 0 Å². The molecule has 0 aliphatic carbocycles. The molecule has 2 aromatic carbocycles. The van der Waals surface area contributed by atoms with Crippen LogP contribution in [-0.4, -0.2) is 47.0 Å². The molecule has 2 aromatic rings. The van der Waals surface area contributed by atoms with E-state index in [1.165, 1.54) is 5.56 Å². The van der Waals surface area contributed by atoms with Crippen molar-refractivity contribution in [1.82, 2.24) is 10.6 Å². The second kappa shape index (κ2) is 12.4.